The molecule has 1 aliphatic heterocycles. The zero-order valence-electron chi connectivity index (χ0n) is 19.4. The first kappa shape index (κ1) is 23.1. The van der Waals surface area contributed by atoms with E-state index in [2.05, 4.69) is 4.90 Å². The number of carbonyl (C=O) groups is 2. The third-order valence-corrected chi connectivity index (χ3v) is 5.71. The molecule has 31 heavy (non-hydrogen) atoms. The van der Waals surface area contributed by atoms with Gasteiger partial charge in [0.1, 0.15) is 6.61 Å². The summed E-state index contributed by atoms with van der Waals surface area (Å²) in [4.78, 5) is 28.7. The molecule has 0 amide bonds. The average molecular weight is 428 g/mol. The number of hydrogen-bond donors (Lipinski definition) is 0. The highest BCUT2D eigenvalue weighted by Gasteiger charge is 2.44. The number of rotatable bonds is 8. The molecule has 1 unspecified atom stereocenters. The van der Waals surface area contributed by atoms with E-state index in [-0.39, 0.29) is 12.7 Å². The molecular weight excluding hydrogens is 394 g/mol. The number of aryl methyl sites for hydroxylation is 1. The van der Waals surface area contributed by atoms with Crippen LogP contribution in [-0.2, 0) is 23.8 Å². The fourth-order valence-corrected chi connectivity index (χ4v) is 4.15. The van der Waals surface area contributed by atoms with E-state index in [9.17, 15) is 9.59 Å². The lowest BCUT2D eigenvalue weighted by Gasteiger charge is -2.38. The predicted octanol–water partition coefficient (Wildman–Crippen LogP) is 4.25. The molecule has 1 aromatic carbocycles. The van der Waals surface area contributed by atoms with Gasteiger partial charge < -0.3 is 19.1 Å². The SMILES string of the molecule is COCCOC(=O)C1=C(C)N(C2CC2)C(C)=C(C(=O)OC(C)C)C1c1ccc(C)cc1. The van der Waals surface area contributed by atoms with E-state index in [1.165, 1.54) is 0 Å². The monoisotopic (exact) mass is 427 g/mol. The first-order valence-corrected chi connectivity index (χ1v) is 10.9. The molecule has 0 spiro atoms. The molecule has 0 N–H and O–H groups in total. The Morgan fingerprint density at radius 1 is 0.968 bits per heavy atom. The van der Waals surface area contributed by atoms with Crippen molar-refractivity contribution in [2.45, 2.75) is 65.5 Å². The van der Waals surface area contributed by atoms with Gasteiger partial charge in [0.25, 0.3) is 0 Å². The number of ether oxygens (including phenoxy) is 3. The fraction of sp³-hybridized carbons (Fsp3) is 0.520. The number of methoxy groups -OCH3 is 1. The van der Waals surface area contributed by atoms with E-state index in [0.29, 0.717) is 23.8 Å². The zero-order valence-corrected chi connectivity index (χ0v) is 19.4. The Hall–Kier alpha value is -2.60. The summed E-state index contributed by atoms with van der Waals surface area (Å²) in [5, 5.41) is 0. The average Bonchev–Trinajstić information content (AvgIpc) is 3.52. The molecule has 3 rings (SSSR count). The largest absolute Gasteiger partial charge is 0.460 e. The second-order valence-electron chi connectivity index (χ2n) is 8.53. The number of allylic oxidation sites excluding steroid dienone is 2. The van der Waals surface area contributed by atoms with Crippen LogP contribution in [0.3, 0.4) is 0 Å². The second-order valence-corrected chi connectivity index (χ2v) is 8.53. The Kier molecular flexibility index (Phi) is 7.21. The first-order chi connectivity index (χ1) is 14.8. The van der Waals surface area contributed by atoms with Crippen molar-refractivity contribution in [3.8, 4) is 0 Å². The fourth-order valence-electron chi connectivity index (χ4n) is 4.15. The molecule has 0 bridgehead atoms. The second kappa shape index (κ2) is 9.69. The topological polar surface area (TPSA) is 65.1 Å². The summed E-state index contributed by atoms with van der Waals surface area (Å²) in [5.74, 6) is -1.36. The maximum Gasteiger partial charge on any atom is 0.337 e. The van der Waals surface area contributed by atoms with Crippen LogP contribution in [0.25, 0.3) is 0 Å². The normalized spacial score (nSPS) is 19.2. The zero-order chi connectivity index (χ0) is 22.7. The molecule has 0 aromatic heterocycles. The van der Waals surface area contributed by atoms with Crippen molar-refractivity contribution in [1.82, 2.24) is 4.90 Å². The third kappa shape index (κ3) is 5.01. The molecule has 2 aliphatic rings. The van der Waals surface area contributed by atoms with Crippen LogP contribution in [0.2, 0.25) is 0 Å². The summed E-state index contributed by atoms with van der Waals surface area (Å²) < 4.78 is 16.2. The van der Waals surface area contributed by atoms with Crippen LogP contribution in [-0.4, -0.2) is 49.3 Å². The molecule has 6 nitrogen and oxygen atoms in total. The lowest BCUT2D eigenvalue weighted by Crippen LogP contribution is -2.37. The molecule has 168 valence electrons. The Morgan fingerprint density at radius 3 is 2.06 bits per heavy atom. The first-order valence-electron chi connectivity index (χ1n) is 10.9. The van der Waals surface area contributed by atoms with Gasteiger partial charge in [-0.2, -0.15) is 0 Å². The van der Waals surface area contributed by atoms with Crippen LogP contribution in [0, 0.1) is 6.92 Å². The quantitative estimate of drug-likeness (QED) is 0.457. The summed E-state index contributed by atoms with van der Waals surface area (Å²) in [6.45, 7) is 10.0. The lowest BCUT2D eigenvalue weighted by atomic mass is 9.79. The molecular formula is C25H33NO5. The van der Waals surface area contributed by atoms with Crippen molar-refractivity contribution in [2.75, 3.05) is 20.3 Å². The van der Waals surface area contributed by atoms with Gasteiger partial charge in [0.05, 0.1) is 29.8 Å². The number of carbonyl (C=O) groups excluding carboxylic acids is 2. The van der Waals surface area contributed by atoms with E-state index in [1.807, 2.05) is 58.9 Å². The van der Waals surface area contributed by atoms with Gasteiger partial charge in [-0.25, -0.2) is 9.59 Å². The van der Waals surface area contributed by atoms with Gasteiger partial charge in [-0.1, -0.05) is 29.8 Å². The highest BCUT2D eigenvalue weighted by Crippen LogP contribution is 2.46. The number of hydrogen-bond acceptors (Lipinski definition) is 6. The summed E-state index contributed by atoms with van der Waals surface area (Å²) in [5.41, 5.74) is 4.67. The van der Waals surface area contributed by atoms with E-state index < -0.39 is 17.9 Å². The summed E-state index contributed by atoms with van der Waals surface area (Å²) in [7, 11) is 1.56. The van der Waals surface area contributed by atoms with Crippen molar-refractivity contribution in [2.24, 2.45) is 0 Å². The van der Waals surface area contributed by atoms with Gasteiger partial charge in [-0.05, 0) is 53.0 Å². The third-order valence-electron chi connectivity index (χ3n) is 5.71. The predicted molar refractivity (Wildman–Crippen MR) is 118 cm³/mol. The van der Waals surface area contributed by atoms with Crippen LogP contribution in [0.15, 0.2) is 46.8 Å². The Labute approximate surface area is 184 Å². The van der Waals surface area contributed by atoms with E-state index in [1.54, 1.807) is 7.11 Å². The maximum atomic E-state index is 13.3. The van der Waals surface area contributed by atoms with Crippen LogP contribution >= 0.6 is 0 Å². The molecule has 1 aliphatic carbocycles. The minimum Gasteiger partial charge on any atom is -0.460 e. The van der Waals surface area contributed by atoms with Crippen LogP contribution < -0.4 is 0 Å². The minimum absolute atomic E-state index is 0.157. The Bertz CT molecular complexity index is 893. The van der Waals surface area contributed by atoms with Gasteiger partial charge in [0.2, 0.25) is 0 Å². The van der Waals surface area contributed by atoms with Crippen molar-refractivity contribution in [1.29, 1.82) is 0 Å². The van der Waals surface area contributed by atoms with E-state index in [4.69, 9.17) is 14.2 Å². The molecule has 1 fully saturated rings. The molecule has 1 saturated carbocycles. The van der Waals surface area contributed by atoms with Crippen molar-refractivity contribution < 1.29 is 23.8 Å². The molecule has 1 aromatic rings. The van der Waals surface area contributed by atoms with Gasteiger partial charge >= 0.3 is 11.9 Å². The number of nitrogens with zero attached hydrogens (tertiary/aromatic N) is 1. The van der Waals surface area contributed by atoms with Crippen LogP contribution in [0.5, 0.6) is 0 Å². The van der Waals surface area contributed by atoms with Gasteiger partial charge in [-0.3, -0.25) is 0 Å². The van der Waals surface area contributed by atoms with E-state index >= 15 is 0 Å². The number of benzene rings is 1. The molecule has 0 radical (unpaired) electrons. The molecule has 1 atom stereocenters. The van der Waals surface area contributed by atoms with Crippen molar-refractivity contribution >= 4 is 11.9 Å². The summed E-state index contributed by atoms with van der Waals surface area (Å²) in [6.07, 6.45) is 1.80. The molecule has 1 heterocycles. The highest BCUT2D eigenvalue weighted by atomic mass is 16.6. The van der Waals surface area contributed by atoms with Crippen LogP contribution in [0.1, 0.15) is 57.6 Å². The maximum absolute atomic E-state index is 13.3. The lowest BCUT2D eigenvalue weighted by molar-refractivity contribution is -0.143. The molecule has 0 saturated heterocycles. The van der Waals surface area contributed by atoms with Gasteiger partial charge in [0, 0.05) is 24.5 Å². The summed E-state index contributed by atoms with van der Waals surface area (Å²) in [6, 6.07) is 8.22. The Balaban J connectivity index is 2.14. The van der Waals surface area contributed by atoms with Crippen molar-refractivity contribution in [3.05, 3.63) is 57.9 Å². The van der Waals surface area contributed by atoms with Crippen molar-refractivity contribution in [3.63, 3.8) is 0 Å². The smallest absolute Gasteiger partial charge is 0.337 e. The number of esters is 2. The van der Waals surface area contributed by atoms with Gasteiger partial charge in [-0.15, -0.1) is 0 Å². The molecule has 6 heteroatoms. The van der Waals surface area contributed by atoms with Gasteiger partial charge in [0.15, 0.2) is 0 Å². The Morgan fingerprint density at radius 2 is 1.55 bits per heavy atom. The summed E-state index contributed by atoms with van der Waals surface area (Å²) >= 11 is 0. The highest BCUT2D eigenvalue weighted by molar-refractivity contribution is 6.00. The standard InChI is InChI=1S/C25H33NO5/c1-15(2)31-25(28)22-18(5)26(20-11-12-20)17(4)21(24(27)30-14-13-29-6)23(22)19-9-7-16(3)8-10-19/h7-10,15,20,23H,11-14H2,1-6H3. The van der Waals surface area contributed by atoms with Crippen LogP contribution in [0.4, 0.5) is 0 Å². The van der Waals surface area contributed by atoms with E-state index in [0.717, 1.165) is 35.4 Å². The minimum atomic E-state index is -0.545.